The Balaban J connectivity index is 1.55. The molecule has 0 radical (unpaired) electrons. The molecule has 0 bridgehead atoms. The Morgan fingerprint density at radius 3 is 2.31 bits per heavy atom. The van der Waals surface area contributed by atoms with Crippen molar-refractivity contribution < 1.29 is 9.53 Å². The van der Waals surface area contributed by atoms with E-state index in [1.165, 1.54) is 5.56 Å². The lowest BCUT2D eigenvalue weighted by atomic mass is 9.92. The van der Waals surface area contributed by atoms with Gasteiger partial charge in [0.05, 0.1) is 13.2 Å². The average Bonchev–Trinajstić information content (AvgIpc) is 2.74. The summed E-state index contributed by atoms with van der Waals surface area (Å²) in [6, 6.07) is 18.7. The first-order valence-electron chi connectivity index (χ1n) is 10.8. The third-order valence-corrected chi connectivity index (χ3v) is 5.75. The zero-order chi connectivity index (χ0) is 20.6. The van der Waals surface area contributed by atoms with Crippen LogP contribution in [0.2, 0.25) is 0 Å². The minimum Gasteiger partial charge on any atom is -0.497 e. The van der Waals surface area contributed by atoms with Crippen LogP contribution in [0.1, 0.15) is 50.3 Å². The summed E-state index contributed by atoms with van der Waals surface area (Å²) in [6.07, 6.45) is 2.79. The molecular weight excluding hydrogens is 360 g/mol. The average molecular weight is 395 g/mol. The highest BCUT2D eigenvalue weighted by Crippen LogP contribution is 2.26. The maximum atomic E-state index is 13.0. The van der Waals surface area contributed by atoms with E-state index in [2.05, 4.69) is 66.5 Å². The largest absolute Gasteiger partial charge is 0.497 e. The van der Waals surface area contributed by atoms with Gasteiger partial charge in [-0.15, -0.1) is 0 Å². The van der Waals surface area contributed by atoms with Crippen LogP contribution in [0.15, 0.2) is 54.6 Å². The van der Waals surface area contributed by atoms with Gasteiger partial charge in [0, 0.05) is 12.5 Å². The number of rotatable bonds is 8. The van der Waals surface area contributed by atoms with Crippen molar-refractivity contribution in [1.29, 1.82) is 0 Å². The maximum Gasteiger partial charge on any atom is 0.223 e. The molecule has 0 aliphatic carbocycles. The molecule has 1 fully saturated rings. The number of hydrogen-bond donors (Lipinski definition) is 1. The summed E-state index contributed by atoms with van der Waals surface area (Å²) < 4.78 is 5.27. The highest BCUT2D eigenvalue weighted by molar-refractivity contribution is 5.79. The van der Waals surface area contributed by atoms with Crippen molar-refractivity contribution in [3.05, 3.63) is 65.7 Å². The Morgan fingerprint density at radius 2 is 1.72 bits per heavy atom. The van der Waals surface area contributed by atoms with Crippen molar-refractivity contribution in [3.63, 3.8) is 0 Å². The number of carbonyl (C=O) groups excluding carboxylic acids is 1. The molecular formula is C25H34N2O2. The second-order valence-electron chi connectivity index (χ2n) is 8.50. The first-order chi connectivity index (χ1) is 14.0. The third-order valence-electron chi connectivity index (χ3n) is 5.75. The van der Waals surface area contributed by atoms with Gasteiger partial charge in [-0.1, -0.05) is 56.3 Å². The molecule has 0 unspecified atom stereocenters. The molecule has 29 heavy (non-hydrogen) atoms. The maximum absolute atomic E-state index is 13.0. The number of carbonyl (C=O) groups is 1. The van der Waals surface area contributed by atoms with Gasteiger partial charge in [-0.25, -0.2) is 0 Å². The number of ether oxygens (including phenoxy) is 1. The highest BCUT2D eigenvalue weighted by atomic mass is 16.5. The van der Waals surface area contributed by atoms with Gasteiger partial charge in [0.1, 0.15) is 5.75 Å². The molecule has 4 nitrogen and oxygen atoms in total. The van der Waals surface area contributed by atoms with Crippen molar-refractivity contribution in [1.82, 2.24) is 10.2 Å². The summed E-state index contributed by atoms with van der Waals surface area (Å²) in [4.78, 5) is 15.4. The molecule has 1 atom stereocenters. The minimum absolute atomic E-state index is 0.0516. The Labute approximate surface area is 175 Å². The van der Waals surface area contributed by atoms with Crippen LogP contribution < -0.4 is 10.1 Å². The van der Waals surface area contributed by atoms with E-state index in [0.29, 0.717) is 5.92 Å². The zero-order valence-electron chi connectivity index (χ0n) is 17.9. The summed E-state index contributed by atoms with van der Waals surface area (Å²) in [5.74, 6) is 1.66. The highest BCUT2D eigenvalue weighted by Gasteiger charge is 2.27. The van der Waals surface area contributed by atoms with E-state index in [0.717, 1.165) is 50.2 Å². The van der Waals surface area contributed by atoms with E-state index in [1.54, 1.807) is 7.11 Å². The molecule has 1 saturated heterocycles. The van der Waals surface area contributed by atoms with Gasteiger partial charge in [-0.2, -0.15) is 0 Å². The fourth-order valence-electron chi connectivity index (χ4n) is 4.07. The molecule has 2 aromatic carbocycles. The molecule has 1 amide bonds. The predicted octanol–water partition coefficient (Wildman–Crippen LogP) is 4.81. The lowest BCUT2D eigenvalue weighted by Gasteiger charge is -2.32. The summed E-state index contributed by atoms with van der Waals surface area (Å²) in [5, 5.41) is 3.34. The van der Waals surface area contributed by atoms with Crippen LogP contribution in [0.5, 0.6) is 5.75 Å². The van der Waals surface area contributed by atoms with Crippen LogP contribution in [0.25, 0.3) is 0 Å². The van der Waals surface area contributed by atoms with Gasteiger partial charge in [0.2, 0.25) is 5.91 Å². The zero-order valence-corrected chi connectivity index (χ0v) is 17.9. The minimum atomic E-state index is 0.0516. The summed E-state index contributed by atoms with van der Waals surface area (Å²) in [6.45, 7) is 7.32. The summed E-state index contributed by atoms with van der Waals surface area (Å²) in [5.41, 5.74) is 2.49. The molecule has 0 aromatic heterocycles. The van der Waals surface area contributed by atoms with Crippen molar-refractivity contribution in [2.45, 2.75) is 45.7 Å². The number of methoxy groups -OCH3 is 1. The molecule has 3 rings (SSSR count). The van der Waals surface area contributed by atoms with E-state index in [9.17, 15) is 4.79 Å². The van der Waals surface area contributed by atoms with E-state index in [4.69, 9.17) is 4.74 Å². The second-order valence-corrected chi connectivity index (χ2v) is 8.50. The smallest absolute Gasteiger partial charge is 0.223 e. The van der Waals surface area contributed by atoms with E-state index in [-0.39, 0.29) is 17.9 Å². The number of benzene rings is 2. The Hall–Kier alpha value is -2.33. The molecule has 1 aliphatic rings. The van der Waals surface area contributed by atoms with Crippen LogP contribution in [0, 0.1) is 11.8 Å². The normalized spacial score (nSPS) is 16.6. The van der Waals surface area contributed by atoms with Gasteiger partial charge < -0.3 is 10.1 Å². The summed E-state index contributed by atoms with van der Waals surface area (Å²) in [7, 11) is 1.67. The molecule has 1 heterocycles. The molecule has 156 valence electrons. The number of likely N-dealkylation sites (tertiary alicyclic amines) is 1. The lowest BCUT2D eigenvalue weighted by molar-refractivity contribution is -0.127. The molecule has 2 aromatic rings. The number of nitrogens with one attached hydrogen (secondary N) is 1. The van der Waals surface area contributed by atoms with Crippen LogP contribution in [0.4, 0.5) is 0 Å². The van der Waals surface area contributed by atoms with Gasteiger partial charge in [0.25, 0.3) is 0 Å². The van der Waals surface area contributed by atoms with E-state index >= 15 is 0 Å². The number of amides is 1. The Morgan fingerprint density at radius 1 is 1.07 bits per heavy atom. The number of nitrogens with zero attached hydrogens (tertiary/aromatic N) is 1. The van der Waals surface area contributed by atoms with Gasteiger partial charge in [-0.3, -0.25) is 9.69 Å². The summed E-state index contributed by atoms with van der Waals surface area (Å²) >= 11 is 0. The monoisotopic (exact) mass is 394 g/mol. The van der Waals surface area contributed by atoms with Crippen molar-refractivity contribution >= 4 is 5.91 Å². The SMILES string of the molecule is COc1ccc([C@H](CC(C)C)NC(=O)C2CCN(Cc3ccccc3)CC2)cc1. The second kappa shape index (κ2) is 10.4. The van der Waals surface area contributed by atoms with Crippen LogP contribution in [0.3, 0.4) is 0 Å². The molecule has 4 heteroatoms. The fourth-order valence-corrected chi connectivity index (χ4v) is 4.07. The van der Waals surface area contributed by atoms with Gasteiger partial charge in [-0.05, 0) is 61.5 Å². The van der Waals surface area contributed by atoms with Gasteiger partial charge >= 0.3 is 0 Å². The van der Waals surface area contributed by atoms with Crippen LogP contribution in [-0.2, 0) is 11.3 Å². The third kappa shape index (κ3) is 6.33. The Bertz CT molecular complexity index is 750. The van der Waals surface area contributed by atoms with Crippen LogP contribution >= 0.6 is 0 Å². The molecule has 1 aliphatic heterocycles. The molecule has 1 N–H and O–H groups in total. The van der Waals surface area contributed by atoms with Crippen LogP contribution in [-0.4, -0.2) is 31.0 Å². The first-order valence-corrected chi connectivity index (χ1v) is 10.8. The number of hydrogen-bond acceptors (Lipinski definition) is 3. The molecule has 0 saturated carbocycles. The Kier molecular flexibility index (Phi) is 7.70. The van der Waals surface area contributed by atoms with E-state index < -0.39 is 0 Å². The first kappa shape index (κ1) is 21.4. The lowest BCUT2D eigenvalue weighted by Crippen LogP contribution is -2.41. The van der Waals surface area contributed by atoms with Crippen molar-refractivity contribution in [2.24, 2.45) is 11.8 Å². The fraction of sp³-hybridized carbons (Fsp3) is 0.480. The van der Waals surface area contributed by atoms with E-state index in [1.807, 2.05) is 12.1 Å². The molecule has 0 spiro atoms. The van der Waals surface area contributed by atoms with Crippen molar-refractivity contribution in [3.8, 4) is 5.75 Å². The van der Waals surface area contributed by atoms with Crippen molar-refractivity contribution in [2.75, 3.05) is 20.2 Å². The topological polar surface area (TPSA) is 41.6 Å². The predicted molar refractivity (Wildman–Crippen MR) is 118 cm³/mol. The van der Waals surface area contributed by atoms with Gasteiger partial charge in [0.15, 0.2) is 0 Å². The number of piperidine rings is 1. The quantitative estimate of drug-likeness (QED) is 0.698. The standard InChI is InChI=1S/C25H34N2O2/c1-19(2)17-24(21-9-11-23(29-3)12-10-21)26-25(28)22-13-15-27(16-14-22)18-20-7-5-4-6-8-20/h4-12,19,22,24H,13-18H2,1-3H3,(H,26,28)/t24-/m0/s1.